The molecule has 5 nitrogen and oxygen atoms in total. The number of amides is 2. The third kappa shape index (κ3) is 3.31. The summed E-state index contributed by atoms with van der Waals surface area (Å²) < 4.78 is 13.3. The lowest BCUT2D eigenvalue weighted by atomic mass is 9.90. The van der Waals surface area contributed by atoms with Crippen molar-refractivity contribution in [1.29, 1.82) is 0 Å². The van der Waals surface area contributed by atoms with Crippen LogP contribution in [0.2, 0.25) is 0 Å². The molecule has 0 spiro atoms. The molecule has 26 heavy (non-hydrogen) atoms. The van der Waals surface area contributed by atoms with E-state index in [4.69, 9.17) is 10.9 Å². The first-order valence-electron chi connectivity index (χ1n) is 7.75. The topological polar surface area (TPSA) is 92.4 Å². The largest absolute Gasteiger partial charge is 0.366 e. The molecule has 130 valence electrons. The Bertz CT molecular complexity index is 967. The van der Waals surface area contributed by atoms with Crippen LogP contribution in [0.1, 0.15) is 20.7 Å². The van der Waals surface area contributed by atoms with E-state index >= 15 is 0 Å². The highest BCUT2D eigenvalue weighted by atomic mass is 19.1. The van der Waals surface area contributed by atoms with Gasteiger partial charge in [-0.25, -0.2) is 9.87 Å². The van der Waals surface area contributed by atoms with Crippen LogP contribution in [0.25, 0.3) is 22.3 Å². The fourth-order valence-electron chi connectivity index (χ4n) is 2.79. The quantitative estimate of drug-likeness (QED) is 0.497. The number of hydrogen-bond donors (Lipinski definition) is 3. The van der Waals surface area contributed by atoms with Crippen LogP contribution in [-0.2, 0) is 0 Å². The lowest BCUT2D eigenvalue weighted by Crippen LogP contribution is -2.18. The van der Waals surface area contributed by atoms with Crippen molar-refractivity contribution in [3.63, 3.8) is 0 Å². The molecule has 0 atom stereocenters. The summed E-state index contributed by atoms with van der Waals surface area (Å²) in [4.78, 5) is 23.4. The van der Waals surface area contributed by atoms with Crippen molar-refractivity contribution in [2.45, 2.75) is 0 Å². The van der Waals surface area contributed by atoms with Crippen molar-refractivity contribution in [1.82, 2.24) is 5.48 Å². The number of hydrogen-bond acceptors (Lipinski definition) is 3. The highest BCUT2D eigenvalue weighted by molar-refractivity contribution is 6.04. The predicted molar refractivity (Wildman–Crippen MR) is 95.0 cm³/mol. The zero-order valence-electron chi connectivity index (χ0n) is 13.6. The van der Waals surface area contributed by atoms with Gasteiger partial charge < -0.3 is 5.73 Å². The van der Waals surface area contributed by atoms with E-state index in [1.165, 1.54) is 12.1 Å². The monoisotopic (exact) mass is 350 g/mol. The molecule has 4 N–H and O–H groups in total. The molecule has 3 rings (SSSR count). The molecule has 6 heteroatoms. The van der Waals surface area contributed by atoms with Gasteiger partial charge in [0.05, 0.1) is 0 Å². The Morgan fingerprint density at radius 1 is 0.885 bits per heavy atom. The average Bonchev–Trinajstić information content (AvgIpc) is 2.67. The van der Waals surface area contributed by atoms with E-state index in [1.54, 1.807) is 54.0 Å². The van der Waals surface area contributed by atoms with Gasteiger partial charge in [0.2, 0.25) is 5.91 Å². The Morgan fingerprint density at radius 3 is 2.08 bits per heavy atom. The van der Waals surface area contributed by atoms with E-state index in [-0.39, 0.29) is 11.4 Å². The number of nitrogens with one attached hydrogen (secondary N) is 1. The maximum Gasteiger partial charge on any atom is 0.274 e. The second-order valence-electron chi connectivity index (χ2n) is 5.62. The number of benzene rings is 3. The molecule has 0 heterocycles. The summed E-state index contributed by atoms with van der Waals surface area (Å²) in [6, 6.07) is 17.4. The van der Waals surface area contributed by atoms with Crippen LogP contribution in [0.5, 0.6) is 0 Å². The minimum atomic E-state index is -0.624. The van der Waals surface area contributed by atoms with Crippen LogP contribution in [0.3, 0.4) is 0 Å². The molecule has 3 aromatic carbocycles. The third-order valence-corrected chi connectivity index (χ3v) is 4.02. The highest BCUT2D eigenvalue weighted by Gasteiger charge is 2.16. The number of nitrogens with two attached hydrogens (primary N) is 1. The fraction of sp³-hybridized carbons (Fsp3) is 0. The molecular weight excluding hydrogens is 335 g/mol. The second kappa shape index (κ2) is 7.16. The van der Waals surface area contributed by atoms with Gasteiger partial charge in [0.25, 0.3) is 5.91 Å². The number of halogens is 1. The average molecular weight is 350 g/mol. The van der Waals surface area contributed by atoms with Gasteiger partial charge in [-0.05, 0) is 47.0 Å². The molecule has 2 amide bonds. The van der Waals surface area contributed by atoms with Crippen LogP contribution >= 0.6 is 0 Å². The van der Waals surface area contributed by atoms with Gasteiger partial charge in [-0.15, -0.1) is 0 Å². The van der Waals surface area contributed by atoms with E-state index in [0.717, 1.165) is 5.56 Å². The molecule has 0 aromatic heterocycles. The maximum atomic E-state index is 13.3. The van der Waals surface area contributed by atoms with Crippen LogP contribution < -0.4 is 11.2 Å². The molecule has 0 radical (unpaired) electrons. The molecule has 0 saturated heterocycles. The summed E-state index contributed by atoms with van der Waals surface area (Å²) in [6.45, 7) is 0. The summed E-state index contributed by atoms with van der Waals surface area (Å²) in [6.07, 6.45) is 0. The van der Waals surface area contributed by atoms with E-state index in [0.29, 0.717) is 22.3 Å². The maximum absolute atomic E-state index is 13.3. The number of carbonyl (C=O) groups is 2. The van der Waals surface area contributed by atoms with Crippen molar-refractivity contribution in [3.8, 4) is 22.3 Å². The van der Waals surface area contributed by atoms with Crippen LogP contribution in [-0.4, -0.2) is 17.0 Å². The van der Waals surface area contributed by atoms with Crippen LogP contribution in [0, 0.1) is 5.82 Å². The zero-order valence-corrected chi connectivity index (χ0v) is 13.6. The number of primary amides is 1. The Morgan fingerprint density at radius 2 is 1.50 bits per heavy atom. The molecule has 0 aliphatic carbocycles. The van der Waals surface area contributed by atoms with Crippen molar-refractivity contribution in [2.75, 3.05) is 0 Å². The SMILES string of the molecule is NC(=O)c1cccc(-c2ccc(C(=O)NO)cc2)c1-c1ccc(F)cc1. The molecule has 0 unspecified atom stereocenters. The van der Waals surface area contributed by atoms with Crippen molar-refractivity contribution in [3.05, 3.63) is 83.7 Å². The number of carbonyl (C=O) groups excluding carboxylic acids is 2. The van der Waals surface area contributed by atoms with Gasteiger partial charge in [0.1, 0.15) is 5.82 Å². The van der Waals surface area contributed by atoms with Crippen molar-refractivity contribution < 1.29 is 19.2 Å². The van der Waals surface area contributed by atoms with E-state index < -0.39 is 11.8 Å². The Kier molecular flexibility index (Phi) is 4.77. The van der Waals surface area contributed by atoms with Gasteiger partial charge in [0.15, 0.2) is 0 Å². The first kappa shape index (κ1) is 17.3. The first-order valence-corrected chi connectivity index (χ1v) is 7.75. The summed E-state index contributed by atoms with van der Waals surface area (Å²) in [5, 5.41) is 8.71. The van der Waals surface area contributed by atoms with Crippen molar-refractivity contribution >= 4 is 11.8 Å². The van der Waals surface area contributed by atoms with E-state index in [2.05, 4.69) is 0 Å². The summed E-state index contributed by atoms with van der Waals surface area (Å²) >= 11 is 0. The van der Waals surface area contributed by atoms with Gasteiger partial charge in [0, 0.05) is 16.7 Å². The Balaban J connectivity index is 2.18. The molecule has 0 aliphatic rings. The smallest absolute Gasteiger partial charge is 0.274 e. The minimum absolute atomic E-state index is 0.283. The van der Waals surface area contributed by atoms with Gasteiger partial charge in [-0.1, -0.05) is 36.4 Å². The lowest BCUT2D eigenvalue weighted by molar-refractivity contribution is 0.0706. The van der Waals surface area contributed by atoms with Crippen molar-refractivity contribution in [2.24, 2.45) is 5.73 Å². The van der Waals surface area contributed by atoms with Crippen LogP contribution in [0.4, 0.5) is 4.39 Å². The molecule has 0 saturated carbocycles. The predicted octanol–water partition coefficient (Wildman–Crippen LogP) is 3.38. The minimum Gasteiger partial charge on any atom is -0.366 e. The summed E-state index contributed by atoms with van der Waals surface area (Å²) in [5.74, 6) is -1.60. The highest BCUT2D eigenvalue weighted by Crippen LogP contribution is 2.35. The Labute approximate surface area is 148 Å². The Hall–Kier alpha value is -3.51. The first-order chi connectivity index (χ1) is 12.5. The fourth-order valence-corrected chi connectivity index (χ4v) is 2.79. The van der Waals surface area contributed by atoms with Gasteiger partial charge >= 0.3 is 0 Å². The molecule has 0 fully saturated rings. The number of rotatable bonds is 4. The van der Waals surface area contributed by atoms with Crippen LogP contribution in [0.15, 0.2) is 66.7 Å². The normalized spacial score (nSPS) is 10.4. The lowest BCUT2D eigenvalue weighted by Gasteiger charge is -2.14. The van der Waals surface area contributed by atoms with E-state index in [1.807, 2.05) is 6.07 Å². The molecular formula is C20H15FN2O3. The summed E-state index contributed by atoms with van der Waals surface area (Å²) in [5.41, 5.74) is 10.4. The second-order valence-corrected chi connectivity index (χ2v) is 5.62. The molecule has 0 aliphatic heterocycles. The molecule has 0 bridgehead atoms. The standard InChI is InChI=1S/C20H15FN2O3/c21-15-10-8-13(9-11-15)18-16(2-1-3-17(18)19(22)24)12-4-6-14(7-5-12)20(25)23-26/h1-11,26H,(H2,22,24)(H,23,25). The zero-order chi connectivity index (χ0) is 18.7. The third-order valence-electron chi connectivity index (χ3n) is 4.02. The number of hydroxylamine groups is 1. The van der Waals surface area contributed by atoms with Gasteiger partial charge in [-0.2, -0.15) is 0 Å². The van der Waals surface area contributed by atoms with Gasteiger partial charge in [-0.3, -0.25) is 14.8 Å². The van der Waals surface area contributed by atoms with E-state index in [9.17, 15) is 14.0 Å². The molecule has 3 aromatic rings. The summed E-state index contributed by atoms with van der Waals surface area (Å²) in [7, 11) is 0.